The standard InChI is InChI=1S/C11H11ClN2O3/c1-17-11(16)7-4-10(15)14(6-7)9-2-3-13-5-8(9)12/h2-3,5,7H,4,6H2,1H3. The molecule has 1 aromatic rings. The van der Waals surface area contributed by atoms with Gasteiger partial charge >= 0.3 is 5.97 Å². The first-order valence-electron chi connectivity index (χ1n) is 5.11. The van der Waals surface area contributed by atoms with Crippen molar-refractivity contribution in [1.29, 1.82) is 0 Å². The Bertz CT molecular complexity index is 464. The van der Waals surface area contributed by atoms with Crippen LogP contribution in [-0.4, -0.2) is 30.5 Å². The van der Waals surface area contributed by atoms with Crippen LogP contribution in [0.2, 0.25) is 5.02 Å². The van der Waals surface area contributed by atoms with Gasteiger partial charge in [0.1, 0.15) is 0 Å². The normalized spacial score (nSPS) is 19.5. The first-order chi connectivity index (χ1) is 8.13. The molecule has 0 aromatic carbocycles. The molecule has 0 N–H and O–H groups in total. The highest BCUT2D eigenvalue weighted by Crippen LogP contribution is 2.30. The maximum absolute atomic E-state index is 11.8. The van der Waals surface area contributed by atoms with Crippen molar-refractivity contribution >= 4 is 29.2 Å². The predicted molar refractivity (Wildman–Crippen MR) is 61.7 cm³/mol. The van der Waals surface area contributed by atoms with E-state index >= 15 is 0 Å². The molecule has 0 spiro atoms. The summed E-state index contributed by atoms with van der Waals surface area (Å²) in [6.45, 7) is 0.301. The lowest BCUT2D eigenvalue weighted by atomic mass is 10.1. The fourth-order valence-corrected chi connectivity index (χ4v) is 2.07. The molecule has 6 heteroatoms. The summed E-state index contributed by atoms with van der Waals surface area (Å²) in [5.41, 5.74) is 0.582. The molecule has 1 saturated heterocycles. The van der Waals surface area contributed by atoms with Crippen LogP contribution in [0.15, 0.2) is 18.5 Å². The van der Waals surface area contributed by atoms with Crippen molar-refractivity contribution in [3.8, 4) is 0 Å². The summed E-state index contributed by atoms with van der Waals surface area (Å²) in [4.78, 5) is 28.5. The van der Waals surface area contributed by atoms with Crippen LogP contribution in [0.5, 0.6) is 0 Å². The van der Waals surface area contributed by atoms with E-state index < -0.39 is 5.92 Å². The zero-order chi connectivity index (χ0) is 12.4. The van der Waals surface area contributed by atoms with Crippen molar-refractivity contribution in [1.82, 2.24) is 4.98 Å². The van der Waals surface area contributed by atoms with Gasteiger partial charge in [0.2, 0.25) is 5.91 Å². The number of hydrogen-bond donors (Lipinski definition) is 0. The van der Waals surface area contributed by atoms with Gasteiger partial charge in [-0.25, -0.2) is 0 Å². The van der Waals surface area contributed by atoms with Gasteiger partial charge in [-0.1, -0.05) is 11.6 Å². The summed E-state index contributed by atoms with van der Waals surface area (Å²) in [7, 11) is 1.31. The third-order valence-corrected chi connectivity index (χ3v) is 2.99. The van der Waals surface area contributed by atoms with Crippen molar-refractivity contribution in [2.24, 2.45) is 5.92 Å². The second-order valence-electron chi connectivity index (χ2n) is 3.76. The highest BCUT2D eigenvalue weighted by atomic mass is 35.5. The largest absolute Gasteiger partial charge is 0.469 e. The average Bonchev–Trinajstić information content (AvgIpc) is 2.71. The Labute approximate surface area is 103 Å². The second-order valence-corrected chi connectivity index (χ2v) is 4.16. The number of pyridine rings is 1. The van der Waals surface area contributed by atoms with Gasteiger partial charge in [0.05, 0.1) is 23.7 Å². The lowest BCUT2D eigenvalue weighted by Gasteiger charge is -2.17. The summed E-state index contributed by atoms with van der Waals surface area (Å²) in [5, 5.41) is 0.395. The van der Waals surface area contributed by atoms with Gasteiger partial charge in [0, 0.05) is 25.4 Å². The van der Waals surface area contributed by atoms with Crippen LogP contribution in [0.3, 0.4) is 0 Å². The molecular weight excluding hydrogens is 244 g/mol. The Kier molecular flexibility index (Phi) is 3.28. The minimum Gasteiger partial charge on any atom is -0.469 e. The molecule has 1 amide bonds. The lowest BCUT2D eigenvalue weighted by molar-refractivity contribution is -0.145. The van der Waals surface area contributed by atoms with E-state index in [0.29, 0.717) is 17.3 Å². The lowest BCUT2D eigenvalue weighted by Crippen LogP contribution is -2.26. The fourth-order valence-electron chi connectivity index (χ4n) is 1.85. The van der Waals surface area contributed by atoms with Gasteiger partial charge in [-0.2, -0.15) is 0 Å². The molecule has 1 unspecified atom stereocenters. The Morgan fingerprint density at radius 3 is 3.06 bits per heavy atom. The maximum atomic E-state index is 11.8. The van der Waals surface area contributed by atoms with E-state index in [1.807, 2.05) is 0 Å². The van der Waals surface area contributed by atoms with Crippen molar-refractivity contribution in [3.63, 3.8) is 0 Å². The van der Waals surface area contributed by atoms with Crippen molar-refractivity contribution in [2.45, 2.75) is 6.42 Å². The first kappa shape index (κ1) is 11.9. The quantitative estimate of drug-likeness (QED) is 0.746. The van der Waals surface area contributed by atoms with Gasteiger partial charge < -0.3 is 9.64 Å². The van der Waals surface area contributed by atoms with Crippen molar-refractivity contribution in [3.05, 3.63) is 23.5 Å². The van der Waals surface area contributed by atoms with Crippen LogP contribution in [0.4, 0.5) is 5.69 Å². The molecule has 5 nitrogen and oxygen atoms in total. The number of anilines is 1. The highest BCUT2D eigenvalue weighted by Gasteiger charge is 2.36. The predicted octanol–water partition coefficient (Wildman–Crippen LogP) is 1.26. The summed E-state index contributed by atoms with van der Waals surface area (Å²) < 4.78 is 4.63. The minimum absolute atomic E-state index is 0.131. The highest BCUT2D eigenvalue weighted by molar-refractivity contribution is 6.33. The minimum atomic E-state index is -0.420. The fraction of sp³-hybridized carbons (Fsp3) is 0.364. The Morgan fingerprint density at radius 1 is 1.65 bits per heavy atom. The van der Waals surface area contributed by atoms with Crippen LogP contribution in [0, 0.1) is 5.92 Å². The summed E-state index contributed by atoms with van der Waals surface area (Å²) in [5.74, 6) is -0.920. The topological polar surface area (TPSA) is 59.5 Å². The number of carbonyl (C=O) groups is 2. The molecule has 0 radical (unpaired) electrons. The molecule has 0 aliphatic carbocycles. The Balaban J connectivity index is 2.22. The average molecular weight is 255 g/mol. The van der Waals surface area contributed by atoms with Crippen molar-refractivity contribution in [2.75, 3.05) is 18.6 Å². The maximum Gasteiger partial charge on any atom is 0.311 e. The third kappa shape index (κ3) is 2.24. The van der Waals surface area contributed by atoms with E-state index in [-0.39, 0.29) is 18.3 Å². The SMILES string of the molecule is COC(=O)C1CC(=O)N(c2ccncc2Cl)C1. The van der Waals surface area contributed by atoms with E-state index in [0.717, 1.165) is 0 Å². The molecule has 2 heterocycles. The molecule has 1 aliphatic heterocycles. The smallest absolute Gasteiger partial charge is 0.311 e. The van der Waals surface area contributed by atoms with Gasteiger partial charge in [-0.15, -0.1) is 0 Å². The van der Waals surface area contributed by atoms with Crippen LogP contribution < -0.4 is 4.90 Å². The van der Waals surface area contributed by atoms with Gasteiger partial charge in [-0.05, 0) is 6.07 Å². The summed E-state index contributed by atoms with van der Waals surface area (Å²) in [6, 6.07) is 1.65. The molecular formula is C11H11ClN2O3. The molecule has 1 aliphatic rings. The molecule has 0 bridgehead atoms. The number of halogens is 1. The van der Waals surface area contributed by atoms with Crippen LogP contribution >= 0.6 is 11.6 Å². The van der Waals surface area contributed by atoms with Gasteiger partial charge in [-0.3, -0.25) is 14.6 Å². The van der Waals surface area contributed by atoms with Crippen molar-refractivity contribution < 1.29 is 14.3 Å². The second kappa shape index (κ2) is 4.71. The molecule has 90 valence electrons. The van der Waals surface area contributed by atoms with Gasteiger partial charge in [0.25, 0.3) is 0 Å². The summed E-state index contributed by atoms with van der Waals surface area (Å²) in [6.07, 6.45) is 3.18. The first-order valence-corrected chi connectivity index (χ1v) is 5.49. The zero-order valence-corrected chi connectivity index (χ0v) is 9.98. The van der Waals surface area contributed by atoms with E-state index in [4.69, 9.17) is 11.6 Å². The Morgan fingerprint density at radius 2 is 2.41 bits per heavy atom. The van der Waals surface area contributed by atoms with Gasteiger partial charge in [0.15, 0.2) is 0 Å². The Hall–Kier alpha value is -1.62. The molecule has 2 rings (SSSR count). The molecule has 1 fully saturated rings. The summed E-state index contributed by atoms with van der Waals surface area (Å²) >= 11 is 5.96. The van der Waals surface area contributed by atoms with E-state index in [1.54, 1.807) is 12.3 Å². The number of aromatic nitrogens is 1. The third-order valence-electron chi connectivity index (χ3n) is 2.70. The van der Waals surface area contributed by atoms with E-state index in [1.165, 1.54) is 18.2 Å². The molecule has 1 atom stereocenters. The number of carbonyl (C=O) groups excluding carboxylic acids is 2. The van der Waals surface area contributed by atoms with Crippen LogP contribution in [-0.2, 0) is 14.3 Å². The molecule has 0 saturated carbocycles. The number of esters is 1. The number of nitrogens with zero attached hydrogens (tertiary/aromatic N) is 2. The molecule has 1 aromatic heterocycles. The van der Waals surface area contributed by atoms with Crippen LogP contribution in [0.25, 0.3) is 0 Å². The molecule has 17 heavy (non-hydrogen) atoms. The van der Waals surface area contributed by atoms with E-state index in [2.05, 4.69) is 9.72 Å². The number of amides is 1. The number of ether oxygens (including phenoxy) is 1. The van der Waals surface area contributed by atoms with E-state index in [9.17, 15) is 9.59 Å². The number of rotatable bonds is 2. The number of hydrogen-bond acceptors (Lipinski definition) is 4. The number of methoxy groups -OCH3 is 1. The zero-order valence-electron chi connectivity index (χ0n) is 9.22. The van der Waals surface area contributed by atoms with Crippen LogP contribution in [0.1, 0.15) is 6.42 Å². The monoisotopic (exact) mass is 254 g/mol.